The summed E-state index contributed by atoms with van der Waals surface area (Å²) < 4.78 is 26.9. The predicted octanol–water partition coefficient (Wildman–Crippen LogP) is 3.02. The Morgan fingerprint density at radius 2 is 1.77 bits per heavy atom. The van der Waals surface area contributed by atoms with Crippen LogP contribution in [-0.4, -0.2) is 30.4 Å². The number of nitrogens with one attached hydrogen (secondary N) is 1. The Hall–Kier alpha value is -1.49. The highest BCUT2D eigenvalue weighted by Gasteiger charge is 2.41. The van der Waals surface area contributed by atoms with Crippen LogP contribution in [0.3, 0.4) is 0 Å². The number of nitrogens with zero attached hydrogens (tertiary/aromatic N) is 1. The van der Waals surface area contributed by atoms with Gasteiger partial charge in [-0.1, -0.05) is 0 Å². The molecule has 5 heteroatoms. The van der Waals surface area contributed by atoms with Crippen molar-refractivity contribution in [1.82, 2.24) is 10.2 Å². The first kappa shape index (κ1) is 15.4. The molecule has 2 aliphatic rings. The number of hydrogen-bond acceptors (Lipinski definition) is 2. The minimum absolute atomic E-state index is 0.0846. The first-order valence-corrected chi connectivity index (χ1v) is 7.95. The van der Waals surface area contributed by atoms with Gasteiger partial charge in [0.05, 0.1) is 6.04 Å². The number of halogens is 2. The molecular formula is C17H22F2N2O. The van der Waals surface area contributed by atoms with Gasteiger partial charge in [0.1, 0.15) is 11.6 Å². The number of hydrogen-bond donors (Lipinski definition) is 1. The molecule has 0 saturated carbocycles. The lowest BCUT2D eigenvalue weighted by molar-refractivity contribution is -0.141. The fourth-order valence-electron chi connectivity index (χ4n) is 3.76. The number of carbonyl (C=O) groups excluding carboxylic acids is 1. The Morgan fingerprint density at radius 1 is 1.14 bits per heavy atom. The van der Waals surface area contributed by atoms with Crippen molar-refractivity contribution in [2.45, 2.75) is 38.6 Å². The van der Waals surface area contributed by atoms with Crippen molar-refractivity contribution in [2.24, 2.45) is 5.41 Å². The smallest absolute Gasteiger partial charge is 0.223 e. The van der Waals surface area contributed by atoms with Crippen LogP contribution in [-0.2, 0) is 4.79 Å². The molecule has 22 heavy (non-hydrogen) atoms. The molecule has 3 nitrogen and oxygen atoms in total. The van der Waals surface area contributed by atoms with Crippen LogP contribution in [0.4, 0.5) is 8.78 Å². The lowest BCUT2D eigenvalue weighted by atomic mass is 9.72. The molecular weight excluding hydrogens is 286 g/mol. The van der Waals surface area contributed by atoms with E-state index < -0.39 is 11.6 Å². The summed E-state index contributed by atoms with van der Waals surface area (Å²) in [7, 11) is 0. The second-order valence-electron chi connectivity index (χ2n) is 6.65. The van der Waals surface area contributed by atoms with Crippen molar-refractivity contribution in [3.05, 3.63) is 35.4 Å². The van der Waals surface area contributed by atoms with Crippen LogP contribution >= 0.6 is 0 Å². The molecule has 0 aromatic heterocycles. The quantitative estimate of drug-likeness (QED) is 0.911. The molecule has 1 amide bonds. The first-order chi connectivity index (χ1) is 10.5. The van der Waals surface area contributed by atoms with Crippen LogP contribution in [0.5, 0.6) is 0 Å². The maximum absolute atomic E-state index is 13.4. The van der Waals surface area contributed by atoms with Gasteiger partial charge in [-0.25, -0.2) is 8.78 Å². The van der Waals surface area contributed by atoms with E-state index in [0.29, 0.717) is 18.5 Å². The molecule has 3 rings (SSSR count). The highest BCUT2D eigenvalue weighted by molar-refractivity contribution is 5.77. The van der Waals surface area contributed by atoms with Crippen LogP contribution < -0.4 is 5.32 Å². The average molecular weight is 308 g/mol. The molecule has 2 heterocycles. The van der Waals surface area contributed by atoms with Crippen molar-refractivity contribution < 1.29 is 13.6 Å². The second-order valence-corrected chi connectivity index (χ2v) is 6.65. The fraction of sp³-hybridized carbons (Fsp3) is 0.588. The van der Waals surface area contributed by atoms with Crippen molar-refractivity contribution in [3.8, 4) is 0 Å². The Bertz CT molecular complexity index is 550. The summed E-state index contributed by atoms with van der Waals surface area (Å²) in [6, 6.07) is 3.21. The summed E-state index contributed by atoms with van der Waals surface area (Å²) in [5.41, 5.74) is 0.691. The minimum Gasteiger partial charge on any atom is -0.335 e. The zero-order valence-corrected chi connectivity index (χ0v) is 12.9. The lowest BCUT2D eigenvalue weighted by Crippen LogP contribution is -2.51. The van der Waals surface area contributed by atoms with Crippen LogP contribution in [0.1, 0.15) is 44.2 Å². The molecule has 2 aliphatic heterocycles. The maximum atomic E-state index is 13.4. The van der Waals surface area contributed by atoms with E-state index in [4.69, 9.17) is 0 Å². The SMILES string of the molecule is C[C@H](c1cc(F)cc(F)c1)N1CC2(CCNCC2)CCC1=O. The van der Waals surface area contributed by atoms with E-state index in [-0.39, 0.29) is 17.4 Å². The van der Waals surface area contributed by atoms with Gasteiger partial charge in [-0.2, -0.15) is 0 Å². The number of amides is 1. The van der Waals surface area contributed by atoms with Crippen molar-refractivity contribution in [3.63, 3.8) is 0 Å². The summed E-state index contributed by atoms with van der Waals surface area (Å²) in [4.78, 5) is 14.1. The van der Waals surface area contributed by atoms with Crippen molar-refractivity contribution in [2.75, 3.05) is 19.6 Å². The van der Waals surface area contributed by atoms with Gasteiger partial charge in [0.25, 0.3) is 0 Å². The Kier molecular flexibility index (Phi) is 4.17. The summed E-state index contributed by atoms with van der Waals surface area (Å²) >= 11 is 0. The largest absolute Gasteiger partial charge is 0.335 e. The second kappa shape index (κ2) is 5.95. The van der Waals surface area contributed by atoms with E-state index >= 15 is 0 Å². The molecule has 2 fully saturated rings. The maximum Gasteiger partial charge on any atom is 0.223 e. The van der Waals surface area contributed by atoms with Gasteiger partial charge in [0.15, 0.2) is 0 Å². The van der Waals surface area contributed by atoms with Crippen molar-refractivity contribution >= 4 is 5.91 Å². The Morgan fingerprint density at radius 3 is 2.41 bits per heavy atom. The molecule has 0 bridgehead atoms. The topological polar surface area (TPSA) is 32.3 Å². The van der Waals surface area contributed by atoms with Crippen molar-refractivity contribution in [1.29, 1.82) is 0 Å². The zero-order chi connectivity index (χ0) is 15.7. The first-order valence-electron chi connectivity index (χ1n) is 7.95. The number of carbonyl (C=O) groups is 1. The van der Waals surface area contributed by atoms with Crippen LogP contribution in [0, 0.1) is 17.0 Å². The van der Waals surface area contributed by atoms with E-state index in [1.54, 1.807) is 0 Å². The van der Waals surface area contributed by atoms with Gasteiger partial charge in [-0.15, -0.1) is 0 Å². The zero-order valence-electron chi connectivity index (χ0n) is 12.9. The summed E-state index contributed by atoms with van der Waals surface area (Å²) in [5.74, 6) is -1.10. The third kappa shape index (κ3) is 3.00. The summed E-state index contributed by atoms with van der Waals surface area (Å²) in [6.07, 6.45) is 3.57. The molecule has 0 unspecified atom stereocenters. The van der Waals surface area contributed by atoms with Crippen LogP contribution in [0.2, 0.25) is 0 Å². The van der Waals surface area contributed by atoms with Gasteiger partial charge in [-0.3, -0.25) is 4.79 Å². The molecule has 1 N–H and O–H groups in total. The molecule has 2 saturated heterocycles. The van der Waals surface area contributed by atoms with Gasteiger partial charge < -0.3 is 10.2 Å². The van der Waals surface area contributed by atoms with E-state index in [0.717, 1.165) is 38.4 Å². The molecule has 0 aliphatic carbocycles. The average Bonchev–Trinajstić information content (AvgIpc) is 2.49. The van der Waals surface area contributed by atoms with Gasteiger partial charge in [-0.05, 0) is 62.4 Å². The van der Waals surface area contributed by atoms with Gasteiger partial charge in [0.2, 0.25) is 5.91 Å². The minimum atomic E-state index is -0.595. The van der Waals surface area contributed by atoms with E-state index in [9.17, 15) is 13.6 Å². The number of likely N-dealkylation sites (tertiary alicyclic amines) is 1. The Balaban J connectivity index is 1.83. The normalized spacial score (nSPS) is 22.9. The monoisotopic (exact) mass is 308 g/mol. The highest BCUT2D eigenvalue weighted by Crippen LogP contribution is 2.41. The molecule has 120 valence electrons. The third-order valence-electron chi connectivity index (χ3n) is 5.19. The van der Waals surface area contributed by atoms with E-state index in [2.05, 4.69) is 5.32 Å². The number of benzene rings is 1. The molecule has 1 atom stereocenters. The third-order valence-corrected chi connectivity index (χ3v) is 5.19. The lowest BCUT2D eigenvalue weighted by Gasteiger charge is -2.47. The van der Waals surface area contributed by atoms with Crippen LogP contribution in [0.15, 0.2) is 18.2 Å². The Labute approximate surface area is 129 Å². The van der Waals surface area contributed by atoms with Gasteiger partial charge in [0, 0.05) is 19.0 Å². The highest BCUT2D eigenvalue weighted by atomic mass is 19.1. The van der Waals surface area contributed by atoms with E-state index in [1.807, 2.05) is 11.8 Å². The molecule has 1 aromatic rings. The number of rotatable bonds is 2. The predicted molar refractivity (Wildman–Crippen MR) is 80.3 cm³/mol. The van der Waals surface area contributed by atoms with Crippen LogP contribution in [0.25, 0.3) is 0 Å². The molecule has 1 spiro atoms. The summed E-state index contributed by atoms with van der Waals surface area (Å²) in [5, 5.41) is 3.36. The number of piperidine rings is 2. The summed E-state index contributed by atoms with van der Waals surface area (Å²) in [6.45, 7) is 4.50. The molecule has 1 aromatic carbocycles. The molecule has 0 radical (unpaired) electrons. The standard InChI is InChI=1S/C17H22F2N2O/c1-12(13-8-14(18)10-15(19)9-13)21-11-17(3-2-16(21)22)4-6-20-7-5-17/h8-10,12,20H,2-7,11H2,1H3/t12-/m1/s1. The van der Waals surface area contributed by atoms with Gasteiger partial charge >= 0.3 is 0 Å². The fourth-order valence-corrected chi connectivity index (χ4v) is 3.76. The van der Waals surface area contributed by atoms with E-state index in [1.165, 1.54) is 12.1 Å².